The quantitative estimate of drug-likeness (QED) is 0.861. The average molecular weight is 356 g/mol. The van der Waals surface area contributed by atoms with Gasteiger partial charge in [-0.15, -0.1) is 0 Å². The van der Waals surface area contributed by atoms with Gasteiger partial charge in [0, 0.05) is 24.7 Å². The Labute approximate surface area is 153 Å². The zero-order valence-corrected chi connectivity index (χ0v) is 15.1. The lowest BCUT2D eigenvalue weighted by Gasteiger charge is -2.19. The van der Waals surface area contributed by atoms with E-state index in [1.54, 1.807) is 31.3 Å². The third-order valence-electron chi connectivity index (χ3n) is 4.45. The van der Waals surface area contributed by atoms with E-state index in [2.05, 4.69) is 0 Å². The second kappa shape index (κ2) is 8.10. The van der Waals surface area contributed by atoms with E-state index in [9.17, 15) is 4.79 Å². The van der Waals surface area contributed by atoms with Crippen molar-refractivity contribution < 1.29 is 19.0 Å². The van der Waals surface area contributed by atoms with Crippen LogP contribution in [0.3, 0.4) is 0 Å². The predicted molar refractivity (Wildman–Crippen MR) is 98.8 cm³/mol. The third kappa shape index (κ3) is 3.91. The molecule has 0 unspecified atom stereocenters. The molecule has 0 aromatic heterocycles. The summed E-state index contributed by atoms with van der Waals surface area (Å²) in [5.41, 5.74) is 7.44. The maximum Gasteiger partial charge on any atom is 0.254 e. The summed E-state index contributed by atoms with van der Waals surface area (Å²) in [6.07, 6.45) is 0.818. The summed E-state index contributed by atoms with van der Waals surface area (Å²) in [7, 11) is 3.09. The van der Waals surface area contributed by atoms with Crippen molar-refractivity contribution in [1.29, 1.82) is 0 Å². The van der Waals surface area contributed by atoms with Gasteiger partial charge in [-0.25, -0.2) is 0 Å². The van der Waals surface area contributed by atoms with Crippen molar-refractivity contribution in [3.8, 4) is 17.2 Å². The third-order valence-corrected chi connectivity index (χ3v) is 4.45. The smallest absolute Gasteiger partial charge is 0.254 e. The molecular weight excluding hydrogens is 332 g/mol. The van der Waals surface area contributed by atoms with E-state index in [1.165, 1.54) is 0 Å². The van der Waals surface area contributed by atoms with Gasteiger partial charge in [0.15, 0.2) is 11.5 Å². The van der Waals surface area contributed by atoms with Crippen LogP contribution in [0.25, 0.3) is 0 Å². The van der Waals surface area contributed by atoms with Gasteiger partial charge in [0.2, 0.25) is 5.75 Å². The Morgan fingerprint density at radius 3 is 2.35 bits per heavy atom. The number of hydrogen-bond acceptors (Lipinski definition) is 5. The van der Waals surface area contributed by atoms with Crippen molar-refractivity contribution in [2.75, 3.05) is 27.3 Å². The molecule has 0 spiro atoms. The number of nitrogens with zero attached hydrogens (tertiary/aromatic N) is 1. The number of carbonyl (C=O) groups excluding carboxylic acids is 1. The molecule has 1 amide bonds. The highest BCUT2D eigenvalue weighted by Gasteiger charge is 2.26. The number of methoxy groups -OCH3 is 2. The van der Waals surface area contributed by atoms with Gasteiger partial charge in [-0.3, -0.25) is 4.79 Å². The first-order valence-corrected chi connectivity index (χ1v) is 8.60. The van der Waals surface area contributed by atoms with E-state index < -0.39 is 0 Å². The van der Waals surface area contributed by atoms with Gasteiger partial charge in [0.1, 0.15) is 6.61 Å². The fourth-order valence-corrected chi connectivity index (χ4v) is 3.03. The van der Waals surface area contributed by atoms with Crippen molar-refractivity contribution >= 4 is 5.91 Å². The average Bonchev–Trinajstić information content (AvgIpc) is 3.12. The number of hydrogen-bond donors (Lipinski definition) is 1. The number of carbonyl (C=O) groups is 1. The first kappa shape index (κ1) is 18.1. The Morgan fingerprint density at radius 1 is 1.15 bits per heavy atom. The minimum absolute atomic E-state index is 0.0382. The minimum atomic E-state index is -0.0795. The SMILES string of the molecule is COc1cc(C(=O)N2CC[C@@H](N)C2)cc(OC)c1OCc1ccccc1. The molecule has 6 nitrogen and oxygen atoms in total. The Hall–Kier alpha value is -2.73. The fraction of sp³-hybridized carbons (Fsp3) is 0.350. The second-order valence-electron chi connectivity index (χ2n) is 6.28. The molecule has 138 valence electrons. The molecule has 1 atom stereocenters. The lowest BCUT2D eigenvalue weighted by Crippen LogP contribution is -2.31. The van der Waals surface area contributed by atoms with Crippen LogP contribution < -0.4 is 19.9 Å². The normalized spacial score (nSPS) is 16.4. The van der Waals surface area contributed by atoms with E-state index in [1.807, 2.05) is 30.3 Å². The van der Waals surface area contributed by atoms with Gasteiger partial charge in [-0.1, -0.05) is 30.3 Å². The summed E-state index contributed by atoms with van der Waals surface area (Å²) in [4.78, 5) is 14.5. The topological polar surface area (TPSA) is 74.0 Å². The zero-order valence-electron chi connectivity index (χ0n) is 15.1. The van der Waals surface area contributed by atoms with Crippen LogP contribution in [0.5, 0.6) is 17.2 Å². The van der Waals surface area contributed by atoms with Crippen molar-refractivity contribution in [2.45, 2.75) is 19.1 Å². The van der Waals surface area contributed by atoms with Crippen LogP contribution in [-0.2, 0) is 6.61 Å². The number of nitrogens with two attached hydrogens (primary N) is 1. The van der Waals surface area contributed by atoms with Crippen LogP contribution in [0.15, 0.2) is 42.5 Å². The first-order chi connectivity index (χ1) is 12.6. The number of likely N-dealkylation sites (tertiary alicyclic amines) is 1. The molecule has 0 radical (unpaired) electrons. The first-order valence-electron chi connectivity index (χ1n) is 8.60. The van der Waals surface area contributed by atoms with Gasteiger partial charge in [0.25, 0.3) is 5.91 Å². The molecule has 2 aromatic carbocycles. The maximum absolute atomic E-state index is 12.7. The Morgan fingerprint density at radius 2 is 1.81 bits per heavy atom. The Balaban J connectivity index is 1.84. The highest BCUT2D eigenvalue weighted by molar-refractivity contribution is 5.95. The molecular formula is C20H24N2O4. The van der Waals surface area contributed by atoms with E-state index in [-0.39, 0.29) is 11.9 Å². The molecule has 1 aliphatic heterocycles. The molecule has 0 saturated carbocycles. The predicted octanol–water partition coefficient (Wildman–Crippen LogP) is 2.46. The van der Waals surface area contributed by atoms with Gasteiger partial charge in [0.05, 0.1) is 14.2 Å². The summed E-state index contributed by atoms with van der Waals surface area (Å²) in [5, 5.41) is 0. The molecule has 1 saturated heterocycles. The van der Waals surface area contributed by atoms with E-state index in [0.29, 0.717) is 42.5 Å². The van der Waals surface area contributed by atoms with E-state index in [0.717, 1.165) is 12.0 Å². The number of amides is 1. The standard InChI is InChI=1S/C20H24N2O4/c1-24-17-10-15(20(23)22-9-8-16(21)12-22)11-18(25-2)19(17)26-13-14-6-4-3-5-7-14/h3-7,10-11,16H,8-9,12-13,21H2,1-2H3/t16-/m1/s1. The van der Waals surface area contributed by atoms with Gasteiger partial charge < -0.3 is 24.8 Å². The highest BCUT2D eigenvalue weighted by atomic mass is 16.5. The van der Waals surface area contributed by atoms with E-state index in [4.69, 9.17) is 19.9 Å². The maximum atomic E-state index is 12.7. The van der Waals surface area contributed by atoms with Crippen LogP contribution in [-0.4, -0.2) is 44.2 Å². The largest absolute Gasteiger partial charge is 0.493 e. The molecule has 0 aliphatic carbocycles. The molecule has 1 heterocycles. The second-order valence-corrected chi connectivity index (χ2v) is 6.28. The number of ether oxygens (including phenoxy) is 3. The summed E-state index contributed by atoms with van der Waals surface area (Å²) in [6.45, 7) is 1.61. The van der Waals surface area contributed by atoms with Gasteiger partial charge >= 0.3 is 0 Å². The van der Waals surface area contributed by atoms with E-state index >= 15 is 0 Å². The Bertz CT molecular complexity index is 739. The summed E-state index contributed by atoms with van der Waals surface area (Å²) in [5.74, 6) is 1.33. The molecule has 0 bridgehead atoms. The van der Waals surface area contributed by atoms with Crippen LogP contribution in [0, 0.1) is 0 Å². The number of benzene rings is 2. The van der Waals surface area contributed by atoms with Gasteiger partial charge in [-0.2, -0.15) is 0 Å². The fourth-order valence-electron chi connectivity index (χ4n) is 3.03. The van der Waals surface area contributed by atoms with Crippen LogP contribution in [0.2, 0.25) is 0 Å². The minimum Gasteiger partial charge on any atom is -0.493 e. The molecule has 26 heavy (non-hydrogen) atoms. The summed E-state index contributed by atoms with van der Waals surface area (Å²) in [6, 6.07) is 13.2. The van der Waals surface area contributed by atoms with Crippen molar-refractivity contribution in [1.82, 2.24) is 4.90 Å². The summed E-state index contributed by atoms with van der Waals surface area (Å²) < 4.78 is 16.8. The van der Waals surface area contributed by atoms with Gasteiger partial charge in [-0.05, 0) is 24.1 Å². The van der Waals surface area contributed by atoms with Crippen molar-refractivity contribution in [3.05, 3.63) is 53.6 Å². The molecule has 3 rings (SSSR count). The monoisotopic (exact) mass is 356 g/mol. The molecule has 1 aliphatic rings. The molecule has 2 N–H and O–H groups in total. The molecule has 6 heteroatoms. The Kier molecular flexibility index (Phi) is 5.63. The molecule has 2 aromatic rings. The lowest BCUT2D eigenvalue weighted by molar-refractivity contribution is 0.0790. The van der Waals surface area contributed by atoms with Crippen LogP contribution in [0.4, 0.5) is 0 Å². The van der Waals surface area contributed by atoms with Crippen molar-refractivity contribution in [3.63, 3.8) is 0 Å². The summed E-state index contributed by atoms with van der Waals surface area (Å²) >= 11 is 0. The number of rotatable bonds is 6. The highest BCUT2D eigenvalue weighted by Crippen LogP contribution is 2.39. The van der Waals surface area contributed by atoms with Crippen LogP contribution in [0.1, 0.15) is 22.3 Å². The molecule has 1 fully saturated rings. The zero-order chi connectivity index (χ0) is 18.5. The van der Waals surface area contributed by atoms with Crippen LogP contribution >= 0.6 is 0 Å². The lowest BCUT2D eigenvalue weighted by atomic mass is 10.1. The van der Waals surface area contributed by atoms with Crippen molar-refractivity contribution in [2.24, 2.45) is 5.73 Å².